The highest BCUT2D eigenvalue weighted by Crippen LogP contribution is 2.10. The lowest BCUT2D eigenvalue weighted by Gasteiger charge is -2.26. The summed E-state index contributed by atoms with van der Waals surface area (Å²) in [5.74, 6) is 0.775. The summed E-state index contributed by atoms with van der Waals surface area (Å²) < 4.78 is 5.35. The van der Waals surface area contributed by atoms with Crippen LogP contribution in [0.4, 0.5) is 5.95 Å². The minimum atomic E-state index is 0.739. The normalized spacial score (nSPS) is 15.7. The first-order valence-corrected chi connectivity index (χ1v) is 7.47. The zero-order valence-electron chi connectivity index (χ0n) is 12.4. The van der Waals surface area contributed by atoms with E-state index in [4.69, 9.17) is 4.74 Å². The third-order valence-corrected chi connectivity index (χ3v) is 3.42. The number of morpholine rings is 1. The molecule has 22 heavy (non-hydrogen) atoms. The third-order valence-electron chi connectivity index (χ3n) is 3.42. The van der Waals surface area contributed by atoms with Gasteiger partial charge in [-0.2, -0.15) is 0 Å². The quantitative estimate of drug-likeness (QED) is 0.812. The molecule has 0 radical (unpaired) electrons. The van der Waals surface area contributed by atoms with Crippen molar-refractivity contribution >= 4 is 18.1 Å². The highest BCUT2D eigenvalue weighted by Gasteiger charge is 2.13. The minimum Gasteiger partial charge on any atom is -0.378 e. The van der Waals surface area contributed by atoms with Crippen LogP contribution < -0.4 is 4.90 Å². The predicted octanol–water partition coefficient (Wildman–Crippen LogP) is 3.04. The molecule has 0 saturated carbocycles. The van der Waals surface area contributed by atoms with Gasteiger partial charge in [-0.3, -0.25) is 0 Å². The molecule has 1 aliphatic rings. The summed E-state index contributed by atoms with van der Waals surface area (Å²) in [6.45, 7) is 3.18. The molecule has 2 aromatic rings. The van der Waals surface area contributed by atoms with E-state index in [9.17, 15) is 0 Å². The van der Waals surface area contributed by atoms with Gasteiger partial charge in [-0.15, -0.1) is 0 Å². The van der Waals surface area contributed by atoms with Gasteiger partial charge in [0.05, 0.1) is 18.9 Å². The van der Waals surface area contributed by atoms with E-state index in [1.807, 2.05) is 42.5 Å². The molecule has 3 rings (SSSR count). The van der Waals surface area contributed by atoms with Crippen molar-refractivity contribution in [1.82, 2.24) is 9.97 Å². The number of rotatable bonds is 4. The van der Waals surface area contributed by atoms with Gasteiger partial charge < -0.3 is 9.64 Å². The van der Waals surface area contributed by atoms with Crippen LogP contribution in [0.3, 0.4) is 0 Å². The van der Waals surface area contributed by atoms with E-state index in [0.717, 1.165) is 37.9 Å². The molecule has 0 spiro atoms. The Morgan fingerprint density at radius 3 is 2.55 bits per heavy atom. The number of nitrogens with zero attached hydrogens (tertiary/aromatic N) is 3. The Kier molecular flexibility index (Phi) is 4.95. The van der Waals surface area contributed by atoms with E-state index in [-0.39, 0.29) is 0 Å². The molecule has 0 atom stereocenters. The number of hydrogen-bond donors (Lipinski definition) is 0. The maximum absolute atomic E-state index is 5.35. The molecule has 4 heteroatoms. The Morgan fingerprint density at radius 1 is 0.955 bits per heavy atom. The maximum Gasteiger partial charge on any atom is 0.225 e. The number of allylic oxidation sites excluding steroid dienone is 2. The zero-order valence-corrected chi connectivity index (χ0v) is 12.4. The molecule has 0 aliphatic carbocycles. The largest absolute Gasteiger partial charge is 0.378 e. The minimum absolute atomic E-state index is 0.739. The van der Waals surface area contributed by atoms with E-state index >= 15 is 0 Å². The molecular weight excluding hydrogens is 274 g/mol. The summed E-state index contributed by atoms with van der Waals surface area (Å²) in [5, 5.41) is 0. The van der Waals surface area contributed by atoms with Crippen LogP contribution in [-0.4, -0.2) is 36.3 Å². The first-order valence-electron chi connectivity index (χ1n) is 7.47. The van der Waals surface area contributed by atoms with E-state index in [0.29, 0.717) is 0 Å². The number of hydrogen-bond acceptors (Lipinski definition) is 4. The average molecular weight is 293 g/mol. The summed E-state index contributed by atoms with van der Waals surface area (Å²) in [6.07, 6.45) is 9.88. The van der Waals surface area contributed by atoms with Crippen LogP contribution in [0.1, 0.15) is 11.3 Å². The fraction of sp³-hybridized carbons (Fsp3) is 0.222. The molecule has 1 aliphatic heterocycles. The van der Waals surface area contributed by atoms with Gasteiger partial charge in [-0.1, -0.05) is 48.6 Å². The SMILES string of the molecule is C(=C/c1ccccc1)/C=C/c1ccnc(N2CCOCC2)n1. The van der Waals surface area contributed by atoms with Crippen LogP contribution in [0.25, 0.3) is 12.2 Å². The van der Waals surface area contributed by atoms with Crippen molar-refractivity contribution in [2.45, 2.75) is 0 Å². The van der Waals surface area contributed by atoms with Gasteiger partial charge in [-0.25, -0.2) is 9.97 Å². The lowest BCUT2D eigenvalue weighted by molar-refractivity contribution is 0.122. The molecule has 1 aromatic carbocycles. The molecule has 0 unspecified atom stereocenters. The van der Waals surface area contributed by atoms with E-state index in [2.05, 4.69) is 33.1 Å². The van der Waals surface area contributed by atoms with Crippen LogP contribution in [0.15, 0.2) is 54.7 Å². The van der Waals surface area contributed by atoms with Gasteiger partial charge in [0.2, 0.25) is 5.95 Å². The topological polar surface area (TPSA) is 38.2 Å². The van der Waals surface area contributed by atoms with Crippen molar-refractivity contribution in [3.8, 4) is 0 Å². The second kappa shape index (κ2) is 7.52. The van der Waals surface area contributed by atoms with Crippen LogP contribution in [0.5, 0.6) is 0 Å². The number of benzene rings is 1. The monoisotopic (exact) mass is 293 g/mol. The van der Waals surface area contributed by atoms with Gasteiger partial charge in [0.25, 0.3) is 0 Å². The van der Waals surface area contributed by atoms with E-state index in [1.165, 1.54) is 5.56 Å². The molecule has 4 nitrogen and oxygen atoms in total. The standard InChI is InChI=1S/C18H19N3O/c1-2-6-16(7-3-1)8-4-5-9-17-10-11-19-18(20-17)21-12-14-22-15-13-21/h1-11H,12-15H2/b8-4-,9-5+. The molecule has 0 N–H and O–H groups in total. The Morgan fingerprint density at radius 2 is 1.73 bits per heavy atom. The fourth-order valence-electron chi connectivity index (χ4n) is 2.26. The van der Waals surface area contributed by atoms with E-state index < -0.39 is 0 Å². The van der Waals surface area contributed by atoms with Crippen LogP contribution in [0.2, 0.25) is 0 Å². The van der Waals surface area contributed by atoms with Crippen molar-refractivity contribution in [3.05, 3.63) is 66.0 Å². The van der Waals surface area contributed by atoms with Gasteiger partial charge in [0.1, 0.15) is 0 Å². The van der Waals surface area contributed by atoms with Crippen molar-refractivity contribution in [2.75, 3.05) is 31.2 Å². The number of anilines is 1. The number of aromatic nitrogens is 2. The molecular formula is C18H19N3O. The van der Waals surface area contributed by atoms with Gasteiger partial charge in [0.15, 0.2) is 0 Å². The number of ether oxygens (including phenoxy) is 1. The summed E-state index contributed by atoms with van der Waals surface area (Å²) in [4.78, 5) is 11.1. The summed E-state index contributed by atoms with van der Waals surface area (Å²) in [7, 11) is 0. The van der Waals surface area contributed by atoms with Gasteiger partial charge in [0, 0.05) is 19.3 Å². The predicted molar refractivity (Wildman–Crippen MR) is 89.6 cm³/mol. The first kappa shape index (κ1) is 14.5. The Bertz CT molecular complexity index is 646. The second-order valence-corrected chi connectivity index (χ2v) is 5.01. The molecule has 1 aromatic heterocycles. The van der Waals surface area contributed by atoms with Crippen LogP contribution in [0, 0.1) is 0 Å². The first-order chi connectivity index (χ1) is 10.9. The molecule has 1 saturated heterocycles. The average Bonchev–Trinajstić information content (AvgIpc) is 2.61. The summed E-state index contributed by atoms with van der Waals surface area (Å²) >= 11 is 0. The van der Waals surface area contributed by atoms with Crippen molar-refractivity contribution < 1.29 is 4.74 Å². The third kappa shape index (κ3) is 4.02. The Hall–Kier alpha value is -2.46. The zero-order chi connectivity index (χ0) is 15.0. The highest BCUT2D eigenvalue weighted by atomic mass is 16.5. The van der Waals surface area contributed by atoms with Crippen LogP contribution >= 0.6 is 0 Å². The fourth-order valence-corrected chi connectivity index (χ4v) is 2.26. The highest BCUT2D eigenvalue weighted by molar-refractivity contribution is 5.55. The van der Waals surface area contributed by atoms with E-state index in [1.54, 1.807) is 6.20 Å². The van der Waals surface area contributed by atoms with Crippen LogP contribution in [-0.2, 0) is 4.74 Å². The molecule has 0 amide bonds. The smallest absolute Gasteiger partial charge is 0.225 e. The van der Waals surface area contributed by atoms with Crippen molar-refractivity contribution in [2.24, 2.45) is 0 Å². The van der Waals surface area contributed by atoms with Gasteiger partial charge in [-0.05, 0) is 17.7 Å². The van der Waals surface area contributed by atoms with Crippen molar-refractivity contribution in [1.29, 1.82) is 0 Å². The Balaban J connectivity index is 1.65. The molecule has 1 fully saturated rings. The molecule has 0 bridgehead atoms. The summed E-state index contributed by atoms with van der Waals surface area (Å²) in [5.41, 5.74) is 2.10. The lowest BCUT2D eigenvalue weighted by atomic mass is 10.2. The summed E-state index contributed by atoms with van der Waals surface area (Å²) in [6, 6.07) is 12.1. The lowest BCUT2D eigenvalue weighted by Crippen LogP contribution is -2.37. The van der Waals surface area contributed by atoms with Gasteiger partial charge >= 0.3 is 0 Å². The van der Waals surface area contributed by atoms with Crippen molar-refractivity contribution in [3.63, 3.8) is 0 Å². The molecule has 112 valence electrons. The Labute approximate surface area is 130 Å². The molecule has 2 heterocycles. The second-order valence-electron chi connectivity index (χ2n) is 5.01. The maximum atomic E-state index is 5.35.